The summed E-state index contributed by atoms with van der Waals surface area (Å²) in [4.78, 5) is 10.4. The maximum Gasteiger partial charge on any atom is 0.238 e. The Morgan fingerprint density at radius 2 is 1.77 bits per heavy atom. The van der Waals surface area contributed by atoms with Crippen molar-refractivity contribution in [1.82, 2.24) is 0 Å². The lowest BCUT2D eigenvalue weighted by Gasteiger charge is -2.23. The van der Waals surface area contributed by atoms with Crippen molar-refractivity contribution in [3.63, 3.8) is 0 Å². The van der Waals surface area contributed by atoms with Crippen molar-refractivity contribution in [2.75, 3.05) is 6.61 Å². The van der Waals surface area contributed by atoms with Crippen molar-refractivity contribution in [1.29, 1.82) is 0 Å². The fourth-order valence-corrected chi connectivity index (χ4v) is 0.826. The quantitative estimate of drug-likeness (QED) is 0.315. The van der Waals surface area contributed by atoms with Crippen LogP contribution in [0.15, 0.2) is 0 Å². The van der Waals surface area contributed by atoms with Gasteiger partial charge >= 0.3 is 0 Å². The SMILES string of the molecule is NC(=O)[C@H](Cl)[C@@H](O)[C@H](O)[C@H](O)CO. The van der Waals surface area contributed by atoms with E-state index < -0.39 is 36.2 Å². The molecule has 0 aromatic rings. The van der Waals surface area contributed by atoms with Gasteiger partial charge in [-0.15, -0.1) is 11.6 Å². The first-order chi connectivity index (χ1) is 5.91. The normalized spacial score (nSPS) is 20.4. The molecule has 1 amide bonds. The number of carbonyl (C=O) groups is 1. The van der Waals surface area contributed by atoms with Crippen molar-refractivity contribution in [3.05, 3.63) is 0 Å². The molecule has 78 valence electrons. The fourth-order valence-electron chi connectivity index (χ4n) is 0.677. The number of nitrogens with two attached hydrogens (primary N) is 1. The minimum atomic E-state index is -1.71. The molecule has 0 bridgehead atoms. The van der Waals surface area contributed by atoms with Gasteiger partial charge in [0.05, 0.1) is 6.61 Å². The van der Waals surface area contributed by atoms with Gasteiger partial charge in [0.25, 0.3) is 0 Å². The monoisotopic (exact) mass is 213 g/mol. The predicted octanol–water partition coefficient (Wildman–Crippen LogP) is -2.85. The standard InChI is InChI=1S/C6H12ClNO5/c7-3(6(8)13)5(12)4(11)2(10)1-9/h2-5,9-12H,1H2,(H2,8,13)/t2-,3-,4-,5-/m1/s1. The number of amides is 1. The molecule has 4 atom stereocenters. The third kappa shape index (κ3) is 3.45. The molecule has 0 spiro atoms. The van der Waals surface area contributed by atoms with Crippen LogP contribution >= 0.6 is 11.6 Å². The van der Waals surface area contributed by atoms with Crippen LogP contribution in [-0.4, -0.2) is 56.6 Å². The number of rotatable bonds is 5. The summed E-state index contributed by atoms with van der Waals surface area (Å²) in [6.07, 6.45) is -4.98. The van der Waals surface area contributed by atoms with E-state index in [0.717, 1.165) is 0 Å². The first-order valence-electron chi connectivity index (χ1n) is 3.50. The second kappa shape index (κ2) is 5.36. The minimum Gasteiger partial charge on any atom is -0.394 e. The van der Waals surface area contributed by atoms with E-state index in [2.05, 4.69) is 0 Å². The van der Waals surface area contributed by atoms with Gasteiger partial charge in [-0.2, -0.15) is 0 Å². The van der Waals surface area contributed by atoms with Crippen LogP contribution in [0.1, 0.15) is 0 Å². The number of halogens is 1. The highest BCUT2D eigenvalue weighted by Gasteiger charge is 2.32. The number of aliphatic hydroxyl groups excluding tert-OH is 4. The summed E-state index contributed by atoms with van der Waals surface area (Å²) < 4.78 is 0. The van der Waals surface area contributed by atoms with Crippen LogP contribution < -0.4 is 5.73 Å². The van der Waals surface area contributed by atoms with Crippen LogP contribution in [0, 0.1) is 0 Å². The fraction of sp³-hybridized carbons (Fsp3) is 0.833. The van der Waals surface area contributed by atoms with Gasteiger partial charge in [0, 0.05) is 0 Å². The van der Waals surface area contributed by atoms with Crippen LogP contribution in [0.4, 0.5) is 0 Å². The van der Waals surface area contributed by atoms with E-state index in [0.29, 0.717) is 0 Å². The summed E-state index contributed by atoms with van der Waals surface area (Å²) >= 11 is 5.28. The van der Waals surface area contributed by atoms with Crippen LogP contribution in [0.2, 0.25) is 0 Å². The number of primary amides is 1. The molecule has 0 aromatic carbocycles. The van der Waals surface area contributed by atoms with Crippen LogP contribution in [-0.2, 0) is 4.79 Å². The van der Waals surface area contributed by atoms with Gasteiger partial charge < -0.3 is 26.2 Å². The average Bonchev–Trinajstić information content (AvgIpc) is 2.12. The zero-order valence-electron chi connectivity index (χ0n) is 6.67. The summed E-state index contributed by atoms with van der Waals surface area (Å²) in [5, 5.41) is 33.9. The second-order valence-electron chi connectivity index (χ2n) is 2.54. The smallest absolute Gasteiger partial charge is 0.238 e. The molecule has 0 radical (unpaired) electrons. The lowest BCUT2D eigenvalue weighted by atomic mass is 10.1. The Morgan fingerprint density at radius 3 is 2.08 bits per heavy atom. The summed E-state index contributed by atoms with van der Waals surface area (Å²) in [5.74, 6) is -1.02. The molecule has 0 saturated carbocycles. The zero-order chi connectivity index (χ0) is 10.6. The highest BCUT2D eigenvalue weighted by atomic mass is 35.5. The third-order valence-electron chi connectivity index (χ3n) is 1.50. The van der Waals surface area contributed by atoms with E-state index in [4.69, 9.17) is 37.8 Å². The Kier molecular flexibility index (Phi) is 5.19. The number of hydrogen-bond donors (Lipinski definition) is 5. The Balaban J connectivity index is 4.24. The molecule has 6 N–H and O–H groups in total. The molecular formula is C6H12ClNO5. The zero-order valence-corrected chi connectivity index (χ0v) is 7.42. The lowest BCUT2D eigenvalue weighted by Crippen LogP contribution is -2.48. The van der Waals surface area contributed by atoms with Crippen molar-refractivity contribution in [2.24, 2.45) is 5.73 Å². The number of carbonyl (C=O) groups excluding carboxylic acids is 1. The predicted molar refractivity (Wildman–Crippen MR) is 43.9 cm³/mol. The van der Waals surface area contributed by atoms with E-state index in [1.165, 1.54) is 0 Å². The molecule has 13 heavy (non-hydrogen) atoms. The lowest BCUT2D eigenvalue weighted by molar-refractivity contribution is -0.124. The number of aliphatic hydroxyl groups is 4. The Morgan fingerprint density at radius 1 is 1.31 bits per heavy atom. The van der Waals surface area contributed by atoms with Gasteiger partial charge in [-0.25, -0.2) is 0 Å². The van der Waals surface area contributed by atoms with Gasteiger partial charge in [-0.3, -0.25) is 4.79 Å². The molecule has 0 rings (SSSR count). The van der Waals surface area contributed by atoms with E-state index >= 15 is 0 Å². The second-order valence-corrected chi connectivity index (χ2v) is 3.01. The summed E-state index contributed by atoms with van der Waals surface area (Å²) in [5.41, 5.74) is 4.73. The summed E-state index contributed by atoms with van der Waals surface area (Å²) in [7, 11) is 0. The molecule has 0 unspecified atom stereocenters. The van der Waals surface area contributed by atoms with Crippen molar-refractivity contribution < 1.29 is 25.2 Å². The van der Waals surface area contributed by atoms with Crippen molar-refractivity contribution >= 4 is 17.5 Å². The highest BCUT2D eigenvalue weighted by molar-refractivity contribution is 6.31. The maximum atomic E-state index is 10.4. The van der Waals surface area contributed by atoms with Crippen LogP contribution in [0.3, 0.4) is 0 Å². The van der Waals surface area contributed by atoms with E-state index in [1.54, 1.807) is 0 Å². The van der Waals surface area contributed by atoms with E-state index in [1.807, 2.05) is 0 Å². The molecule has 0 aromatic heterocycles. The topological polar surface area (TPSA) is 124 Å². The van der Waals surface area contributed by atoms with Gasteiger partial charge in [0.15, 0.2) is 0 Å². The van der Waals surface area contributed by atoms with E-state index in [9.17, 15) is 4.79 Å². The first kappa shape index (κ1) is 12.6. The molecule has 6 nitrogen and oxygen atoms in total. The van der Waals surface area contributed by atoms with Gasteiger partial charge in [0.1, 0.15) is 23.7 Å². The molecule has 7 heteroatoms. The van der Waals surface area contributed by atoms with Crippen LogP contribution in [0.25, 0.3) is 0 Å². The summed E-state index contributed by atoms with van der Waals surface area (Å²) in [6.45, 7) is -0.749. The maximum absolute atomic E-state index is 10.4. The molecule has 0 heterocycles. The van der Waals surface area contributed by atoms with Crippen molar-refractivity contribution in [2.45, 2.75) is 23.7 Å². The molecule has 0 saturated heterocycles. The molecule has 0 fully saturated rings. The molecule has 0 aliphatic heterocycles. The third-order valence-corrected chi connectivity index (χ3v) is 1.98. The molecule has 0 aliphatic carbocycles. The largest absolute Gasteiger partial charge is 0.394 e. The Bertz CT molecular complexity index is 178. The van der Waals surface area contributed by atoms with Gasteiger partial charge in [0.2, 0.25) is 5.91 Å². The number of alkyl halides is 1. The van der Waals surface area contributed by atoms with E-state index in [-0.39, 0.29) is 0 Å². The van der Waals surface area contributed by atoms with Gasteiger partial charge in [-0.05, 0) is 0 Å². The average molecular weight is 214 g/mol. The van der Waals surface area contributed by atoms with Gasteiger partial charge in [-0.1, -0.05) is 0 Å². The minimum absolute atomic E-state index is 0.749. The van der Waals surface area contributed by atoms with Crippen LogP contribution in [0.5, 0.6) is 0 Å². The molecular weight excluding hydrogens is 202 g/mol. The first-order valence-corrected chi connectivity index (χ1v) is 3.94. The summed E-state index contributed by atoms with van der Waals surface area (Å²) in [6, 6.07) is 0. The van der Waals surface area contributed by atoms with Crippen molar-refractivity contribution in [3.8, 4) is 0 Å². The molecule has 0 aliphatic rings. The number of hydrogen-bond acceptors (Lipinski definition) is 5. The Labute approximate surface area is 79.5 Å². The Hall–Kier alpha value is -0.400. The highest BCUT2D eigenvalue weighted by Crippen LogP contribution is 2.09.